The minimum absolute atomic E-state index is 0.0809. The number of rotatable bonds is 3. The van der Waals surface area contributed by atoms with Crippen molar-refractivity contribution in [3.63, 3.8) is 0 Å². The van der Waals surface area contributed by atoms with Crippen molar-refractivity contribution in [3.05, 3.63) is 32.2 Å². The molecule has 2 heterocycles. The van der Waals surface area contributed by atoms with Crippen molar-refractivity contribution in [3.8, 4) is 0 Å². The molecule has 0 aromatic carbocycles. The molecule has 1 N–H and O–H groups in total. The lowest BCUT2D eigenvalue weighted by Crippen LogP contribution is -2.08. The summed E-state index contributed by atoms with van der Waals surface area (Å²) >= 11 is 1.41. The van der Waals surface area contributed by atoms with Gasteiger partial charge in [0.25, 0.3) is 0 Å². The highest BCUT2D eigenvalue weighted by atomic mass is 32.1. The monoisotopic (exact) mass is 408 g/mol. The maximum atomic E-state index is 12.0. The lowest BCUT2D eigenvalue weighted by atomic mass is 10.5. The maximum Gasteiger partial charge on any atom is 0.434 e. The van der Waals surface area contributed by atoms with E-state index in [4.69, 9.17) is 5.11 Å². The second-order valence-electron chi connectivity index (χ2n) is 4.04. The van der Waals surface area contributed by atoms with Crippen LogP contribution in [-0.2, 0) is 23.7 Å². The van der Waals surface area contributed by atoms with Gasteiger partial charge >= 0.3 is 18.3 Å². The Kier molecular flexibility index (Phi) is 7.31. The van der Waals surface area contributed by atoms with Crippen LogP contribution in [-0.4, -0.2) is 27.7 Å². The summed E-state index contributed by atoms with van der Waals surface area (Å²) in [5.74, 6) is -0.826. The zero-order valence-electron chi connectivity index (χ0n) is 12.3. The number of aromatic nitrogens is 2. The topological polar surface area (TPSA) is 72.3 Å². The van der Waals surface area contributed by atoms with Crippen molar-refractivity contribution in [1.29, 1.82) is 0 Å². The molecule has 2 rings (SSSR count). The molecule has 13 heteroatoms. The van der Waals surface area contributed by atoms with E-state index in [1.807, 2.05) is 0 Å². The second kappa shape index (κ2) is 8.58. The molecule has 0 bridgehead atoms. The molecule has 0 fully saturated rings. The molecule has 0 radical (unpaired) electrons. The van der Waals surface area contributed by atoms with Gasteiger partial charge in [-0.05, 0) is 6.92 Å². The van der Waals surface area contributed by atoms with Crippen LogP contribution in [0, 0.1) is 0 Å². The fraction of sp³-hybridized carbons (Fsp3) is 0.417. The molecule has 0 unspecified atom stereocenters. The van der Waals surface area contributed by atoms with E-state index in [1.54, 1.807) is 6.92 Å². The van der Waals surface area contributed by atoms with Gasteiger partial charge in [-0.2, -0.15) is 26.3 Å². The van der Waals surface area contributed by atoms with Gasteiger partial charge in [0.2, 0.25) is 5.01 Å². The van der Waals surface area contributed by atoms with Crippen LogP contribution >= 0.6 is 22.7 Å². The first-order valence-corrected chi connectivity index (χ1v) is 8.07. The van der Waals surface area contributed by atoms with Crippen molar-refractivity contribution in [1.82, 2.24) is 9.97 Å². The summed E-state index contributed by atoms with van der Waals surface area (Å²) in [6, 6.07) is 0. The first-order chi connectivity index (χ1) is 11.5. The highest BCUT2D eigenvalue weighted by Crippen LogP contribution is 2.30. The summed E-state index contributed by atoms with van der Waals surface area (Å²) in [5.41, 5.74) is -2.00. The lowest BCUT2D eigenvalue weighted by molar-refractivity contribution is -0.141. The highest BCUT2D eigenvalue weighted by Gasteiger charge is 2.35. The first kappa shape index (κ1) is 21.3. The number of aliphatic hydroxyl groups is 1. The summed E-state index contributed by atoms with van der Waals surface area (Å²) < 4.78 is 76.0. The lowest BCUT2D eigenvalue weighted by Gasteiger charge is -1.99. The molecule has 140 valence electrons. The molecule has 2 aromatic rings. The number of esters is 1. The Morgan fingerprint density at radius 3 is 1.96 bits per heavy atom. The molecule has 0 aliphatic carbocycles. The fourth-order valence-electron chi connectivity index (χ4n) is 1.20. The minimum Gasteiger partial charge on any atom is -0.461 e. The van der Waals surface area contributed by atoms with Gasteiger partial charge in [-0.25, -0.2) is 14.8 Å². The zero-order valence-corrected chi connectivity index (χ0v) is 13.9. The predicted molar refractivity (Wildman–Crippen MR) is 76.1 cm³/mol. The largest absolute Gasteiger partial charge is 0.461 e. The Balaban J connectivity index is 0.000000257. The standard InChI is InChI=1S/C7H6F3NO2S.C5H4F3NOS/c1-2-13-6(12)5-11-4(3-14-5)7(8,9)10;6-5(7,8)3-2-11-4(1-10)9-3/h3H,2H2,1H3;2,10H,1H2. The third-order valence-corrected chi connectivity index (χ3v) is 3.88. The van der Waals surface area contributed by atoms with Gasteiger partial charge < -0.3 is 9.84 Å². The number of aliphatic hydroxyl groups excluding tert-OH is 1. The molecule has 0 amide bonds. The van der Waals surface area contributed by atoms with Crippen molar-refractivity contribution in [2.75, 3.05) is 6.61 Å². The summed E-state index contributed by atoms with van der Waals surface area (Å²) in [5, 5.41) is 9.86. The summed E-state index contributed by atoms with van der Waals surface area (Å²) in [6.07, 6.45) is -8.91. The first-order valence-electron chi connectivity index (χ1n) is 6.31. The number of halogens is 6. The van der Waals surface area contributed by atoms with Crippen LogP contribution in [0.1, 0.15) is 33.1 Å². The minimum atomic E-state index is -4.51. The quantitative estimate of drug-likeness (QED) is 0.614. The number of ether oxygens (including phenoxy) is 1. The molecular weight excluding hydrogens is 398 g/mol. The van der Waals surface area contributed by atoms with E-state index >= 15 is 0 Å². The average molecular weight is 408 g/mol. The zero-order chi connectivity index (χ0) is 19.3. The molecule has 2 aromatic heterocycles. The third kappa shape index (κ3) is 6.59. The Morgan fingerprint density at radius 1 is 1.08 bits per heavy atom. The number of carbonyl (C=O) groups is 1. The van der Waals surface area contributed by atoms with Gasteiger partial charge in [0.05, 0.1) is 13.2 Å². The van der Waals surface area contributed by atoms with Crippen molar-refractivity contribution in [2.45, 2.75) is 25.9 Å². The number of nitrogens with zero attached hydrogens (tertiary/aromatic N) is 2. The second-order valence-corrected chi connectivity index (χ2v) is 5.84. The molecule has 0 atom stereocenters. The SMILES string of the molecule is CCOC(=O)c1nc(C(F)(F)F)cs1.OCc1nc(C(F)(F)F)cs1. The summed E-state index contributed by atoms with van der Waals surface area (Å²) in [6.45, 7) is 1.23. The highest BCUT2D eigenvalue weighted by molar-refractivity contribution is 7.11. The van der Waals surface area contributed by atoms with Crippen molar-refractivity contribution < 1.29 is 41.0 Å². The van der Waals surface area contributed by atoms with E-state index in [2.05, 4.69) is 14.7 Å². The van der Waals surface area contributed by atoms with Crippen LogP contribution in [0.5, 0.6) is 0 Å². The van der Waals surface area contributed by atoms with Gasteiger partial charge in [-0.3, -0.25) is 0 Å². The molecule has 0 saturated carbocycles. The summed E-state index contributed by atoms with van der Waals surface area (Å²) in [4.78, 5) is 17.2. The van der Waals surface area contributed by atoms with E-state index in [9.17, 15) is 31.1 Å². The molecule has 0 aliphatic rings. The van der Waals surface area contributed by atoms with Gasteiger partial charge in [-0.1, -0.05) is 0 Å². The van der Waals surface area contributed by atoms with Gasteiger partial charge in [-0.15, -0.1) is 22.7 Å². The smallest absolute Gasteiger partial charge is 0.434 e. The molecule has 0 spiro atoms. The van der Waals surface area contributed by atoms with E-state index in [1.165, 1.54) is 0 Å². The average Bonchev–Trinajstić information content (AvgIpc) is 3.16. The van der Waals surface area contributed by atoms with Crippen molar-refractivity contribution >= 4 is 28.6 Å². The number of hydrogen-bond acceptors (Lipinski definition) is 7. The van der Waals surface area contributed by atoms with Crippen molar-refractivity contribution in [2.24, 2.45) is 0 Å². The maximum absolute atomic E-state index is 12.0. The predicted octanol–water partition coefficient (Wildman–Crippen LogP) is 3.99. The number of alkyl halides is 6. The molecule has 25 heavy (non-hydrogen) atoms. The van der Waals surface area contributed by atoms with Gasteiger partial charge in [0, 0.05) is 10.8 Å². The molecule has 0 aliphatic heterocycles. The summed E-state index contributed by atoms with van der Waals surface area (Å²) in [7, 11) is 0. The normalized spacial score (nSPS) is 11.7. The third-order valence-electron chi connectivity index (χ3n) is 2.22. The number of hydrogen-bond donors (Lipinski definition) is 1. The van der Waals surface area contributed by atoms with Gasteiger partial charge in [0.15, 0.2) is 11.4 Å². The Labute approximate surface area is 144 Å². The molecule has 0 saturated heterocycles. The van der Waals surface area contributed by atoms with Crippen LogP contribution in [0.4, 0.5) is 26.3 Å². The van der Waals surface area contributed by atoms with Crippen LogP contribution < -0.4 is 0 Å². The number of thiazole rings is 2. The molecular formula is C12H10F6N2O3S2. The fourth-order valence-corrected chi connectivity index (χ4v) is 2.58. The number of carbonyl (C=O) groups excluding carboxylic acids is 1. The van der Waals surface area contributed by atoms with Gasteiger partial charge in [0.1, 0.15) is 5.01 Å². The van der Waals surface area contributed by atoms with E-state index < -0.39 is 36.3 Å². The van der Waals surface area contributed by atoms with E-state index in [0.29, 0.717) is 11.3 Å². The van der Waals surface area contributed by atoms with Crippen LogP contribution in [0.3, 0.4) is 0 Å². The van der Waals surface area contributed by atoms with E-state index in [0.717, 1.165) is 22.1 Å². The molecule has 5 nitrogen and oxygen atoms in total. The van der Waals surface area contributed by atoms with Crippen LogP contribution in [0.25, 0.3) is 0 Å². The Morgan fingerprint density at radius 2 is 1.60 bits per heavy atom. The van der Waals surface area contributed by atoms with E-state index in [-0.39, 0.29) is 16.6 Å². The van der Waals surface area contributed by atoms with Crippen LogP contribution in [0.15, 0.2) is 10.8 Å². The Hall–Kier alpha value is -1.73. The Bertz CT molecular complexity index is 696. The van der Waals surface area contributed by atoms with Crippen LogP contribution in [0.2, 0.25) is 0 Å².